The molecule has 3 rings (SSSR count). The lowest BCUT2D eigenvalue weighted by atomic mass is 10.1. The number of rotatable bonds is 4. The summed E-state index contributed by atoms with van der Waals surface area (Å²) in [5.74, 6) is -0.173. The van der Waals surface area contributed by atoms with E-state index in [1.807, 2.05) is 0 Å². The molecule has 1 heterocycles. The molecule has 1 amide bonds. The smallest absolute Gasteiger partial charge is 0.262 e. The molecular formula is C18H18Cl2N2O3S. The van der Waals surface area contributed by atoms with Gasteiger partial charge in [0.25, 0.3) is 15.9 Å². The maximum atomic E-state index is 12.8. The van der Waals surface area contributed by atoms with Crippen molar-refractivity contribution in [2.24, 2.45) is 0 Å². The van der Waals surface area contributed by atoms with E-state index < -0.39 is 10.0 Å². The van der Waals surface area contributed by atoms with E-state index in [0.717, 1.165) is 12.8 Å². The van der Waals surface area contributed by atoms with Crippen molar-refractivity contribution in [1.82, 2.24) is 4.90 Å². The highest BCUT2D eigenvalue weighted by Crippen LogP contribution is 2.28. The van der Waals surface area contributed by atoms with Crippen molar-refractivity contribution in [1.29, 1.82) is 0 Å². The number of anilines is 1. The number of amides is 1. The van der Waals surface area contributed by atoms with Crippen molar-refractivity contribution in [3.63, 3.8) is 0 Å². The van der Waals surface area contributed by atoms with Crippen LogP contribution in [0.15, 0.2) is 41.3 Å². The molecule has 8 heteroatoms. The first-order valence-corrected chi connectivity index (χ1v) is 10.4. The Balaban J connectivity index is 2.00. The van der Waals surface area contributed by atoms with E-state index in [2.05, 4.69) is 4.72 Å². The molecule has 26 heavy (non-hydrogen) atoms. The Kier molecular flexibility index (Phi) is 5.46. The molecule has 0 aromatic heterocycles. The van der Waals surface area contributed by atoms with Gasteiger partial charge in [-0.3, -0.25) is 9.52 Å². The first kappa shape index (κ1) is 19.0. The molecule has 1 fully saturated rings. The van der Waals surface area contributed by atoms with Crippen LogP contribution in [-0.4, -0.2) is 32.3 Å². The molecule has 138 valence electrons. The van der Waals surface area contributed by atoms with Gasteiger partial charge in [-0.05, 0) is 49.6 Å². The van der Waals surface area contributed by atoms with Crippen LogP contribution in [0.5, 0.6) is 0 Å². The fourth-order valence-electron chi connectivity index (χ4n) is 2.95. The molecule has 0 aliphatic carbocycles. The van der Waals surface area contributed by atoms with Gasteiger partial charge in [0.15, 0.2) is 0 Å². The van der Waals surface area contributed by atoms with Crippen molar-refractivity contribution in [3.8, 4) is 0 Å². The summed E-state index contributed by atoms with van der Waals surface area (Å²) in [4.78, 5) is 14.5. The minimum absolute atomic E-state index is 0.0576. The molecule has 0 spiro atoms. The van der Waals surface area contributed by atoms with Crippen LogP contribution >= 0.6 is 23.2 Å². The predicted molar refractivity (Wildman–Crippen MR) is 104 cm³/mol. The number of halogens is 2. The van der Waals surface area contributed by atoms with E-state index in [9.17, 15) is 13.2 Å². The van der Waals surface area contributed by atoms with Crippen molar-refractivity contribution in [3.05, 3.63) is 57.6 Å². The lowest BCUT2D eigenvalue weighted by Gasteiger charge is -2.20. The van der Waals surface area contributed by atoms with Gasteiger partial charge in [-0.15, -0.1) is 0 Å². The molecule has 0 saturated carbocycles. The SMILES string of the molecule is Cc1cccc(C(=O)N2CCCC2)c1NS(=O)(=O)c1cc(Cl)cc(Cl)c1. The summed E-state index contributed by atoms with van der Waals surface area (Å²) in [5, 5.41) is 0.437. The molecule has 1 N–H and O–H groups in total. The number of benzene rings is 2. The Labute approximate surface area is 163 Å². The number of hydrogen-bond donors (Lipinski definition) is 1. The summed E-state index contributed by atoms with van der Waals surface area (Å²) in [5.41, 5.74) is 1.27. The van der Waals surface area contributed by atoms with Crippen molar-refractivity contribution >= 4 is 44.8 Å². The third-order valence-electron chi connectivity index (χ3n) is 4.28. The molecule has 2 aromatic carbocycles. The summed E-state index contributed by atoms with van der Waals surface area (Å²) in [7, 11) is -3.95. The fraction of sp³-hybridized carbons (Fsp3) is 0.278. The lowest BCUT2D eigenvalue weighted by Crippen LogP contribution is -2.29. The van der Waals surface area contributed by atoms with Crippen molar-refractivity contribution in [2.45, 2.75) is 24.7 Å². The predicted octanol–water partition coefficient (Wildman–Crippen LogP) is 4.34. The van der Waals surface area contributed by atoms with Crippen molar-refractivity contribution in [2.75, 3.05) is 17.8 Å². The minimum atomic E-state index is -3.95. The molecular weight excluding hydrogens is 395 g/mol. The number of nitrogens with one attached hydrogen (secondary N) is 1. The van der Waals surface area contributed by atoms with Gasteiger partial charge in [-0.25, -0.2) is 8.42 Å². The summed E-state index contributed by atoms with van der Waals surface area (Å²) in [6.07, 6.45) is 1.92. The maximum Gasteiger partial charge on any atom is 0.262 e. The highest BCUT2D eigenvalue weighted by molar-refractivity contribution is 7.92. The second-order valence-corrected chi connectivity index (χ2v) is 8.76. The number of nitrogens with zero attached hydrogens (tertiary/aromatic N) is 1. The third-order valence-corrected chi connectivity index (χ3v) is 6.04. The normalized spacial score (nSPS) is 14.5. The van der Waals surface area contributed by atoms with Gasteiger partial charge in [-0.1, -0.05) is 35.3 Å². The number of sulfonamides is 1. The van der Waals surface area contributed by atoms with E-state index in [4.69, 9.17) is 23.2 Å². The molecule has 1 saturated heterocycles. The van der Waals surface area contributed by atoms with Gasteiger partial charge >= 0.3 is 0 Å². The van der Waals surface area contributed by atoms with Crippen LogP contribution in [0, 0.1) is 6.92 Å². The van der Waals surface area contributed by atoms with Gasteiger partial charge in [0.1, 0.15) is 0 Å². The van der Waals surface area contributed by atoms with Crippen LogP contribution in [0.4, 0.5) is 5.69 Å². The van der Waals surface area contributed by atoms with Gasteiger partial charge in [-0.2, -0.15) is 0 Å². The van der Waals surface area contributed by atoms with Crippen LogP contribution < -0.4 is 4.72 Å². The van der Waals surface area contributed by atoms with E-state index in [-0.39, 0.29) is 26.5 Å². The Morgan fingerprint density at radius 2 is 1.69 bits per heavy atom. The largest absolute Gasteiger partial charge is 0.339 e. The van der Waals surface area contributed by atoms with Gasteiger partial charge in [0.2, 0.25) is 0 Å². The van der Waals surface area contributed by atoms with Crippen LogP contribution in [0.25, 0.3) is 0 Å². The van der Waals surface area contributed by atoms with E-state index in [1.54, 1.807) is 30.0 Å². The first-order chi connectivity index (χ1) is 12.3. The quantitative estimate of drug-likeness (QED) is 0.811. The monoisotopic (exact) mass is 412 g/mol. The molecule has 0 bridgehead atoms. The average Bonchev–Trinajstić information content (AvgIpc) is 3.09. The molecule has 0 radical (unpaired) electrons. The van der Waals surface area contributed by atoms with E-state index >= 15 is 0 Å². The van der Waals surface area contributed by atoms with E-state index in [0.29, 0.717) is 24.2 Å². The molecule has 2 aromatic rings. The zero-order valence-electron chi connectivity index (χ0n) is 14.1. The number of likely N-dealkylation sites (tertiary alicyclic amines) is 1. The Bertz CT molecular complexity index is 935. The third kappa shape index (κ3) is 3.98. The van der Waals surface area contributed by atoms with Gasteiger partial charge in [0.05, 0.1) is 16.1 Å². The molecule has 1 aliphatic heterocycles. The molecule has 5 nitrogen and oxygen atoms in total. The summed E-state index contributed by atoms with van der Waals surface area (Å²) < 4.78 is 28.1. The Morgan fingerprint density at radius 1 is 1.08 bits per heavy atom. The van der Waals surface area contributed by atoms with Crippen molar-refractivity contribution < 1.29 is 13.2 Å². The number of para-hydroxylation sites is 1. The topological polar surface area (TPSA) is 66.5 Å². The highest BCUT2D eigenvalue weighted by atomic mass is 35.5. The van der Waals surface area contributed by atoms with Crippen LogP contribution in [0.2, 0.25) is 10.0 Å². The molecule has 0 atom stereocenters. The number of carbonyl (C=O) groups excluding carboxylic acids is 1. The Morgan fingerprint density at radius 3 is 2.31 bits per heavy atom. The minimum Gasteiger partial charge on any atom is -0.339 e. The summed E-state index contributed by atoms with van der Waals surface area (Å²) in [6, 6.07) is 9.22. The fourth-order valence-corrected chi connectivity index (χ4v) is 4.83. The number of hydrogen-bond acceptors (Lipinski definition) is 3. The molecule has 0 unspecified atom stereocenters. The van der Waals surface area contributed by atoms with Crippen LogP contribution in [0.3, 0.4) is 0 Å². The van der Waals surface area contributed by atoms with Gasteiger partial charge < -0.3 is 4.90 Å². The van der Waals surface area contributed by atoms with E-state index in [1.165, 1.54) is 18.2 Å². The van der Waals surface area contributed by atoms with Gasteiger partial charge in [0, 0.05) is 23.1 Å². The molecule has 1 aliphatic rings. The Hall–Kier alpha value is -1.76. The highest BCUT2D eigenvalue weighted by Gasteiger charge is 2.25. The second kappa shape index (κ2) is 7.47. The zero-order chi connectivity index (χ0) is 18.9. The number of aryl methyl sites for hydroxylation is 1. The van der Waals surface area contributed by atoms with Crippen LogP contribution in [0.1, 0.15) is 28.8 Å². The second-order valence-electron chi connectivity index (χ2n) is 6.21. The lowest BCUT2D eigenvalue weighted by molar-refractivity contribution is 0.0794. The summed E-state index contributed by atoms with van der Waals surface area (Å²) in [6.45, 7) is 3.12. The average molecular weight is 413 g/mol. The standard InChI is InChI=1S/C18H18Cl2N2O3S/c1-12-5-4-6-16(18(23)22-7-2-3-8-22)17(12)21-26(24,25)15-10-13(19)9-14(20)11-15/h4-6,9-11,21H,2-3,7-8H2,1H3. The maximum absolute atomic E-state index is 12.8. The first-order valence-electron chi connectivity index (χ1n) is 8.16. The van der Waals surface area contributed by atoms with Crippen LogP contribution in [-0.2, 0) is 10.0 Å². The summed E-state index contributed by atoms with van der Waals surface area (Å²) >= 11 is 11.8. The zero-order valence-corrected chi connectivity index (χ0v) is 16.5. The number of carbonyl (C=O) groups is 1.